The van der Waals surface area contributed by atoms with Gasteiger partial charge in [-0.15, -0.1) is 0 Å². The Morgan fingerprint density at radius 3 is 2.78 bits per heavy atom. The normalized spacial score (nSPS) is 11.0. The summed E-state index contributed by atoms with van der Waals surface area (Å²) in [5.74, 6) is 0.631. The highest BCUT2D eigenvalue weighted by Gasteiger charge is 2.09. The Morgan fingerprint density at radius 2 is 2.06 bits per heavy atom. The average molecular weight is 260 g/mol. The maximum atomic E-state index is 5.94. The summed E-state index contributed by atoms with van der Waals surface area (Å²) in [5, 5.41) is 0.574. The molecule has 5 nitrogen and oxygen atoms in total. The molecular formula is C12H10ClN5. The second-order valence-corrected chi connectivity index (χ2v) is 4.46. The van der Waals surface area contributed by atoms with Gasteiger partial charge in [-0.1, -0.05) is 11.6 Å². The molecule has 0 saturated carbocycles. The molecule has 3 N–H and O–H groups in total. The van der Waals surface area contributed by atoms with Crippen LogP contribution in [-0.2, 0) is 0 Å². The van der Waals surface area contributed by atoms with E-state index >= 15 is 0 Å². The van der Waals surface area contributed by atoms with E-state index in [1.54, 1.807) is 24.5 Å². The number of anilines is 1. The maximum absolute atomic E-state index is 5.94. The Hall–Kier alpha value is -2.14. The average Bonchev–Trinajstić information content (AvgIpc) is 2.74. The van der Waals surface area contributed by atoms with Gasteiger partial charge in [0.2, 0.25) is 0 Å². The number of hydrogen-bond donors (Lipinski definition) is 2. The number of nitrogen functional groups attached to an aromatic ring is 1. The van der Waals surface area contributed by atoms with E-state index in [4.69, 9.17) is 17.3 Å². The molecule has 0 amide bonds. The molecular weight excluding hydrogens is 250 g/mol. The molecule has 0 atom stereocenters. The van der Waals surface area contributed by atoms with Crippen LogP contribution >= 0.6 is 11.6 Å². The number of aryl methyl sites for hydroxylation is 1. The van der Waals surface area contributed by atoms with Crippen LogP contribution in [0.3, 0.4) is 0 Å². The Bertz CT molecular complexity index is 717. The van der Waals surface area contributed by atoms with Crippen molar-refractivity contribution in [1.82, 2.24) is 19.9 Å². The van der Waals surface area contributed by atoms with Gasteiger partial charge < -0.3 is 10.7 Å². The highest BCUT2D eigenvalue weighted by atomic mass is 35.5. The maximum Gasteiger partial charge on any atom is 0.158 e. The third-order valence-electron chi connectivity index (χ3n) is 2.60. The van der Waals surface area contributed by atoms with Crippen molar-refractivity contribution < 1.29 is 0 Å². The van der Waals surface area contributed by atoms with E-state index in [0.29, 0.717) is 27.7 Å². The standard InChI is InChI=1S/C12H10ClN5/c1-6-4-16-10(5-15-6)12-17-9-3-7(13)2-8(14)11(9)18-12/h2-5H,14H2,1H3,(H,17,18). The van der Waals surface area contributed by atoms with Gasteiger partial charge in [-0.3, -0.25) is 4.98 Å². The predicted octanol–water partition coefficient (Wildman–Crippen LogP) is 2.56. The number of nitrogens with two attached hydrogens (primary N) is 1. The van der Waals surface area contributed by atoms with Crippen molar-refractivity contribution in [2.24, 2.45) is 0 Å². The molecule has 0 radical (unpaired) electrons. The molecule has 0 bridgehead atoms. The number of nitrogens with one attached hydrogen (secondary N) is 1. The van der Waals surface area contributed by atoms with Crippen molar-refractivity contribution >= 4 is 28.3 Å². The van der Waals surface area contributed by atoms with E-state index in [1.165, 1.54) is 0 Å². The van der Waals surface area contributed by atoms with Gasteiger partial charge >= 0.3 is 0 Å². The van der Waals surface area contributed by atoms with Gasteiger partial charge in [0.05, 0.1) is 23.1 Å². The number of benzene rings is 1. The van der Waals surface area contributed by atoms with Crippen LogP contribution in [0, 0.1) is 6.92 Å². The molecule has 3 aromatic rings. The molecule has 3 rings (SSSR count). The van der Waals surface area contributed by atoms with Crippen molar-refractivity contribution in [3.05, 3.63) is 35.2 Å². The zero-order valence-corrected chi connectivity index (χ0v) is 10.4. The fourth-order valence-electron chi connectivity index (χ4n) is 1.74. The first-order chi connectivity index (χ1) is 8.63. The molecule has 0 fully saturated rings. The van der Waals surface area contributed by atoms with Crippen molar-refractivity contribution in [1.29, 1.82) is 0 Å². The second kappa shape index (κ2) is 3.96. The molecule has 6 heteroatoms. The molecule has 0 spiro atoms. The van der Waals surface area contributed by atoms with Crippen LogP contribution in [0.25, 0.3) is 22.6 Å². The lowest BCUT2D eigenvalue weighted by Gasteiger charge is -1.94. The predicted molar refractivity (Wildman–Crippen MR) is 71.3 cm³/mol. The lowest BCUT2D eigenvalue weighted by molar-refractivity contribution is 1.10. The van der Waals surface area contributed by atoms with E-state index in [2.05, 4.69) is 19.9 Å². The van der Waals surface area contributed by atoms with Crippen LogP contribution in [0.2, 0.25) is 5.02 Å². The van der Waals surface area contributed by atoms with Crippen LogP contribution in [0.15, 0.2) is 24.5 Å². The van der Waals surface area contributed by atoms with Gasteiger partial charge in [0.25, 0.3) is 0 Å². The van der Waals surface area contributed by atoms with Gasteiger partial charge in [-0.05, 0) is 19.1 Å². The fourth-order valence-corrected chi connectivity index (χ4v) is 1.97. The number of aromatic nitrogens is 4. The highest BCUT2D eigenvalue weighted by Crippen LogP contribution is 2.26. The molecule has 0 aliphatic carbocycles. The van der Waals surface area contributed by atoms with Gasteiger partial charge in [0.1, 0.15) is 11.2 Å². The van der Waals surface area contributed by atoms with Crippen molar-refractivity contribution in [3.8, 4) is 11.5 Å². The third kappa shape index (κ3) is 1.78. The summed E-state index contributed by atoms with van der Waals surface area (Å²) in [6.07, 6.45) is 3.36. The van der Waals surface area contributed by atoms with E-state index in [0.717, 1.165) is 11.2 Å². The Kier molecular flexibility index (Phi) is 2.41. The minimum absolute atomic E-state index is 0.542. The second-order valence-electron chi connectivity index (χ2n) is 4.02. The number of aromatic amines is 1. The van der Waals surface area contributed by atoms with Crippen LogP contribution in [-0.4, -0.2) is 19.9 Å². The fraction of sp³-hybridized carbons (Fsp3) is 0.0833. The van der Waals surface area contributed by atoms with Crippen LogP contribution in [0.4, 0.5) is 5.69 Å². The minimum atomic E-state index is 0.542. The summed E-state index contributed by atoms with van der Waals surface area (Å²) < 4.78 is 0. The minimum Gasteiger partial charge on any atom is -0.397 e. The SMILES string of the molecule is Cc1cnc(-c2nc3c(N)cc(Cl)cc3[nH]2)cn1. The van der Waals surface area contributed by atoms with E-state index in [9.17, 15) is 0 Å². The first-order valence-corrected chi connectivity index (χ1v) is 5.75. The highest BCUT2D eigenvalue weighted by molar-refractivity contribution is 6.31. The quantitative estimate of drug-likeness (QED) is 0.658. The number of nitrogens with zero attached hydrogens (tertiary/aromatic N) is 3. The summed E-state index contributed by atoms with van der Waals surface area (Å²) in [6.45, 7) is 1.88. The Balaban J connectivity index is 2.19. The first kappa shape index (κ1) is 11.0. The number of fused-ring (bicyclic) bond motifs is 1. The summed E-state index contributed by atoms with van der Waals surface area (Å²) >= 11 is 5.94. The van der Waals surface area contributed by atoms with Crippen molar-refractivity contribution in [2.45, 2.75) is 6.92 Å². The molecule has 0 aliphatic heterocycles. The Labute approximate surface area is 108 Å². The van der Waals surface area contributed by atoms with E-state index in [1.807, 2.05) is 6.92 Å². The molecule has 1 aromatic carbocycles. The van der Waals surface area contributed by atoms with Gasteiger partial charge in [0.15, 0.2) is 5.82 Å². The molecule has 0 aliphatic rings. The largest absolute Gasteiger partial charge is 0.397 e. The topological polar surface area (TPSA) is 80.5 Å². The zero-order chi connectivity index (χ0) is 12.7. The molecule has 18 heavy (non-hydrogen) atoms. The number of H-pyrrole nitrogens is 1. The number of hydrogen-bond acceptors (Lipinski definition) is 4. The van der Waals surface area contributed by atoms with Crippen molar-refractivity contribution in [2.75, 3.05) is 5.73 Å². The van der Waals surface area contributed by atoms with Crippen molar-refractivity contribution in [3.63, 3.8) is 0 Å². The smallest absolute Gasteiger partial charge is 0.158 e. The molecule has 0 unspecified atom stereocenters. The summed E-state index contributed by atoms with van der Waals surface area (Å²) in [5.41, 5.74) is 9.42. The molecule has 90 valence electrons. The first-order valence-electron chi connectivity index (χ1n) is 5.37. The van der Waals surface area contributed by atoms with Crippen LogP contribution in [0.1, 0.15) is 5.69 Å². The molecule has 2 heterocycles. The number of halogens is 1. The molecule has 2 aromatic heterocycles. The lowest BCUT2D eigenvalue weighted by Crippen LogP contribution is -1.89. The zero-order valence-electron chi connectivity index (χ0n) is 9.61. The summed E-state index contributed by atoms with van der Waals surface area (Å²) in [4.78, 5) is 16.0. The summed E-state index contributed by atoms with van der Waals surface area (Å²) in [7, 11) is 0. The Morgan fingerprint density at radius 1 is 1.22 bits per heavy atom. The van der Waals surface area contributed by atoms with Gasteiger partial charge in [-0.2, -0.15) is 0 Å². The number of imidazole rings is 1. The van der Waals surface area contributed by atoms with Gasteiger partial charge in [-0.25, -0.2) is 9.97 Å². The summed E-state index contributed by atoms with van der Waals surface area (Å²) in [6, 6.07) is 3.46. The number of rotatable bonds is 1. The van der Waals surface area contributed by atoms with E-state index in [-0.39, 0.29) is 0 Å². The lowest BCUT2D eigenvalue weighted by atomic mass is 10.3. The van der Waals surface area contributed by atoms with Gasteiger partial charge in [0, 0.05) is 11.2 Å². The molecule has 0 saturated heterocycles. The van der Waals surface area contributed by atoms with Crippen LogP contribution in [0.5, 0.6) is 0 Å². The van der Waals surface area contributed by atoms with Crippen LogP contribution < -0.4 is 5.73 Å². The van der Waals surface area contributed by atoms with E-state index < -0.39 is 0 Å². The third-order valence-corrected chi connectivity index (χ3v) is 2.82. The monoisotopic (exact) mass is 259 g/mol.